The van der Waals surface area contributed by atoms with Crippen LogP contribution >= 0.6 is 0 Å². The number of halogens is 2. The molecule has 0 heterocycles. The fraction of sp³-hybridized carbons (Fsp3) is 0.333. The van der Waals surface area contributed by atoms with Gasteiger partial charge in [0.1, 0.15) is 11.6 Å². The van der Waals surface area contributed by atoms with Crippen LogP contribution in [0.4, 0.5) is 8.78 Å². The van der Waals surface area contributed by atoms with Crippen LogP contribution in [0.25, 0.3) is 0 Å². The lowest BCUT2D eigenvalue weighted by Gasteiger charge is -2.05. The second kappa shape index (κ2) is 6.68. The third kappa shape index (κ3) is 4.48. The first-order chi connectivity index (χ1) is 8.52. The van der Waals surface area contributed by atoms with Gasteiger partial charge < -0.3 is 10.1 Å². The Balaban J connectivity index is 2.42. The fourth-order valence-corrected chi connectivity index (χ4v) is 1.31. The van der Waals surface area contributed by atoms with Crippen LogP contribution in [0, 0.1) is 11.6 Å². The fourth-order valence-electron chi connectivity index (χ4n) is 1.31. The maximum atomic E-state index is 13.2. The number of rotatable bonds is 5. The van der Waals surface area contributed by atoms with E-state index in [0.29, 0.717) is 0 Å². The Morgan fingerprint density at radius 1 is 1.33 bits per heavy atom. The molecule has 0 atom stereocenters. The lowest BCUT2D eigenvalue weighted by atomic mass is 10.1. The Morgan fingerprint density at radius 2 is 2.06 bits per heavy atom. The molecule has 0 aliphatic heterocycles. The number of benzene rings is 1. The van der Waals surface area contributed by atoms with Crippen LogP contribution in [0.2, 0.25) is 0 Å². The highest BCUT2D eigenvalue weighted by Crippen LogP contribution is 2.09. The number of amides is 1. The molecule has 4 nitrogen and oxygen atoms in total. The van der Waals surface area contributed by atoms with Gasteiger partial charge in [-0.25, -0.2) is 8.78 Å². The van der Waals surface area contributed by atoms with E-state index in [2.05, 4.69) is 10.1 Å². The minimum absolute atomic E-state index is 0.0497. The summed E-state index contributed by atoms with van der Waals surface area (Å²) in [5, 5.41) is 2.44. The predicted octanol–water partition coefficient (Wildman–Crippen LogP) is 1.19. The maximum absolute atomic E-state index is 13.2. The molecule has 0 aliphatic rings. The van der Waals surface area contributed by atoms with Crippen LogP contribution in [0.1, 0.15) is 12.0 Å². The van der Waals surface area contributed by atoms with E-state index in [4.69, 9.17) is 0 Å². The zero-order chi connectivity index (χ0) is 13.5. The van der Waals surface area contributed by atoms with E-state index < -0.39 is 23.5 Å². The SMILES string of the molecule is COC(=O)CCNC(=O)Cc1ccc(F)cc1F. The quantitative estimate of drug-likeness (QED) is 0.806. The smallest absolute Gasteiger partial charge is 0.307 e. The second-order valence-corrected chi connectivity index (χ2v) is 3.59. The van der Waals surface area contributed by atoms with Gasteiger partial charge in [-0.3, -0.25) is 9.59 Å². The molecule has 98 valence electrons. The van der Waals surface area contributed by atoms with Gasteiger partial charge in [0, 0.05) is 12.6 Å². The van der Waals surface area contributed by atoms with Crippen LogP contribution < -0.4 is 5.32 Å². The van der Waals surface area contributed by atoms with Crippen molar-refractivity contribution in [2.75, 3.05) is 13.7 Å². The Kier molecular flexibility index (Phi) is 5.23. The van der Waals surface area contributed by atoms with Gasteiger partial charge in [-0.15, -0.1) is 0 Å². The summed E-state index contributed by atoms with van der Waals surface area (Å²) in [4.78, 5) is 22.2. The number of nitrogens with one attached hydrogen (secondary N) is 1. The van der Waals surface area contributed by atoms with Crippen molar-refractivity contribution in [3.05, 3.63) is 35.4 Å². The third-order valence-corrected chi connectivity index (χ3v) is 2.25. The zero-order valence-corrected chi connectivity index (χ0v) is 9.83. The molecule has 1 N–H and O–H groups in total. The number of hydrogen-bond donors (Lipinski definition) is 1. The van der Waals surface area contributed by atoms with Gasteiger partial charge in [0.15, 0.2) is 0 Å². The Morgan fingerprint density at radius 3 is 2.67 bits per heavy atom. The van der Waals surface area contributed by atoms with Crippen LogP contribution in [0.5, 0.6) is 0 Å². The molecule has 0 radical (unpaired) electrons. The molecule has 1 aromatic carbocycles. The van der Waals surface area contributed by atoms with Crippen molar-refractivity contribution < 1.29 is 23.1 Å². The largest absolute Gasteiger partial charge is 0.469 e. The monoisotopic (exact) mass is 257 g/mol. The van der Waals surface area contributed by atoms with Crippen molar-refractivity contribution in [2.45, 2.75) is 12.8 Å². The summed E-state index contributed by atoms with van der Waals surface area (Å²) in [6, 6.07) is 3.02. The molecule has 0 saturated carbocycles. The minimum atomic E-state index is -0.766. The molecule has 1 aromatic rings. The van der Waals surface area contributed by atoms with Crippen molar-refractivity contribution in [3.8, 4) is 0 Å². The van der Waals surface area contributed by atoms with Crippen molar-refractivity contribution in [1.29, 1.82) is 0 Å². The maximum Gasteiger partial charge on any atom is 0.307 e. The van der Waals surface area contributed by atoms with E-state index in [1.165, 1.54) is 13.2 Å². The summed E-state index contributed by atoms with van der Waals surface area (Å²) >= 11 is 0. The molecule has 0 aromatic heterocycles. The molecule has 6 heteroatoms. The predicted molar refractivity (Wildman–Crippen MR) is 59.7 cm³/mol. The second-order valence-electron chi connectivity index (χ2n) is 3.59. The van der Waals surface area contributed by atoms with Gasteiger partial charge in [-0.2, -0.15) is 0 Å². The molecular weight excluding hydrogens is 244 g/mol. The lowest BCUT2D eigenvalue weighted by Crippen LogP contribution is -2.28. The number of carbonyl (C=O) groups is 2. The highest BCUT2D eigenvalue weighted by Gasteiger charge is 2.09. The van der Waals surface area contributed by atoms with Crippen LogP contribution in [0.15, 0.2) is 18.2 Å². The first kappa shape index (κ1) is 14.1. The van der Waals surface area contributed by atoms with Gasteiger partial charge in [-0.05, 0) is 11.6 Å². The normalized spacial score (nSPS) is 9.94. The van der Waals surface area contributed by atoms with Gasteiger partial charge in [-0.1, -0.05) is 6.07 Å². The number of hydrogen-bond acceptors (Lipinski definition) is 3. The Hall–Kier alpha value is -1.98. The third-order valence-electron chi connectivity index (χ3n) is 2.25. The molecule has 0 aliphatic carbocycles. The van der Waals surface area contributed by atoms with Gasteiger partial charge in [0.2, 0.25) is 5.91 Å². The van der Waals surface area contributed by atoms with E-state index in [9.17, 15) is 18.4 Å². The van der Waals surface area contributed by atoms with Crippen LogP contribution in [-0.2, 0) is 20.7 Å². The molecule has 0 unspecified atom stereocenters. The number of esters is 1. The lowest BCUT2D eigenvalue weighted by molar-refractivity contribution is -0.140. The molecule has 0 fully saturated rings. The molecule has 0 saturated heterocycles. The number of methoxy groups -OCH3 is 1. The van der Waals surface area contributed by atoms with Crippen molar-refractivity contribution in [2.24, 2.45) is 0 Å². The van der Waals surface area contributed by atoms with Crippen molar-refractivity contribution >= 4 is 11.9 Å². The molecule has 1 rings (SSSR count). The first-order valence-electron chi connectivity index (χ1n) is 5.30. The number of carbonyl (C=O) groups excluding carboxylic acids is 2. The van der Waals surface area contributed by atoms with Gasteiger partial charge >= 0.3 is 5.97 Å². The summed E-state index contributed by atoms with van der Waals surface area (Å²) in [6.45, 7) is 0.119. The average Bonchev–Trinajstić information content (AvgIpc) is 2.32. The molecule has 0 bridgehead atoms. The van der Waals surface area contributed by atoms with E-state index in [-0.39, 0.29) is 24.9 Å². The van der Waals surface area contributed by atoms with Gasteiger partial charge in [0.25, 0.3) is 0 Å². The minimum Gasteiger partial charge on any atom is -0.469 e. The number of ether oxygens (including phenoxy) is 1. The van der Waals surface area contributed by atoms with E-state index >= 15 is 0 Å². The van der Waals surface area contributed by atoms with E-state index in [1.54, 1.807) is 0 Å². The average molecular weight is 257 g/mol. The van der Waals surface area contributed by atoms with E-state index in [1.807, 2.05) is 0 Å². The summed E-state index contributed by atoms with van der Waals surface area (Å²) in [6.07, 6.45) is -0.151. The first-order valence-corrected chi connectivity index (χ1v) is 5.30. The van der Waals surface area contributed by atoms with E-state index in [0.717, 1.165) is 12.1 Å². The van der Waals surface area contributed by atoms with Crippen molar-refractivity contribution in [3.63, 3.8) is 0 Å². The summed E-state index contributed by atoms with van der Waals surface area (Å²) in [5.41, 5.74) is 0.104. The van der Waals surface area contributed by atoms with Crippen molar-refractivity contribution in [1.82, 2.24) is 5.32 Å². The zero-order valence-electron chi connectivity index (χ0n) is 9.83. The molecule has 1 amide bonds. The summed E-state index contributed by atoms with van der Waals surface area (Å²) in [5.74, 6) is -2.34. The standard InChI is InChI=1S/C12H13F2NO3/c1-18-12(17)4-5-15-11(16)6-8-2-3-9(13)7-10(8)14/h2-3,7H,4-6H2,1H3,(H,15,16). The van der Waals surface area contributed by atoms with Gasteiger partial charge in [0.05, 0.1) is 20.0 Å². The molecular formula is C12H13F2NO3. The van der Waals surface area contributed by atoms with Crippen LogP contribution in [-0.4, -0.2) is 25.5 Å². The highest BCUT2D eigenvalue weighted by atomic mass is 19.1. The topological polar surface area (TPSA) is 55.4 Å². The summed E-state index contributed by atoms with van der Waals surface area (Å²) in [7, 11) is 1.25. The summed E-state index contributed by atoms with van der Waals surface area (Å²) < 4.78 is 30.2. The molecule has 0 spiro atoms. The highest BCUT2D eigenvalue weighted by molar-refractivity contribution is 5.79. The Labute approximate surface area is 103 Å². The Bertz CT molecular complexity index is 449. The molecule has 18 heavy (non-hydrogen) atoms. The van der Waals surface area contributed by atoms with Crippen LogP contribution in [0.3, 0.4) is 0 Å².